The topological polar surface area (TPSA) is 78.1 Å². The number of rotatable bonds is 3. The molecule has 1 aromatic rings. The summed E-state index contributed by atoms with van der Waals surface area (Å²) in [6.07, 6.45) is 4.53. The summed E-state index contributed by atoms with van der Waals surface area (Å²) in [6, 6.07) is 0.0597. The molecule has 1 fully saturated rings. The van der Waals surface area contributed by atoms with Crippen LogP contribution in [0.25, 0.3) is 0 Å². The molecular formula is C10H18N4O2S. The van der Waals surface area contributed by atoms with Crippen molar-refractivity contribution in [2.75, 3.05) is 11.3 Å². The van der Waals surface area contributed by atoms with E-state index in [0.717, 1.165) is 24.8 Å². The first-order valence-electron chi connectivity index (χ1n) is 5.80. The molecule has 1 aliphatic heterocycles. The van der Waals surface area contributed by atoms with E-state index >= 15 is 0 Å². The van der Waals surface area contributed by atoms with Crippen molar-refractivity contribution in [2.45, 2.75) is 39.2 Å². The van der Waals surface area contributed by atoms with Crippen LogP contribution in [0.3, 0.4) is 0 Å². The van der Waals surface area contributed by atoms with Crippen molar-refractivity contribution in [3.8, 4) is 0 Å². The first-order chi connectivity index (χ1) is 8.00. The summed E-state index contributed by atoms with van der Waals surface area (Å²) >= 11 is 0. The highest BCUT2D eigenvalue weighted by Crippen LogP contribution is 2.21. The maximum absolute atomic E-state index is 12.2. The Morgan fingerprint density at radius 3 is 2.88 bits per heavy atom. The molecule has 1 aromatic heterocycles. The van der Waals surface area contributed by atoms with Crippen LogP contribution in [-0.4, -0.2) is 35.5 Å². The molecule has 6 nitrogen and oxygen atoms in total. The number of aromatic amines is 1. The van der Waals surface area contributed by atoms with Gasteiger partial charge in [-0.3, -0.25) is 9.82 Å². The van der Waals surface area contributed by atoms with E-state index in [2.05, 4.69) is 14.9 Å². The monoisotopic (exact) mass is 258 g/mol. The molecule has 1 saturated heterocycles. The van der Waals surface area contributed by atoms with Gasteiger partial charge in [0, 0.05) is 18.2 Å². The minimum absolute atomic E-state index is 0.0597. The van der Waals surface area contributed by atoms with Gasteiger partial charge in [-0.15, -0.1) is 0 Å². The second-order valence-corrected chi connectivity index (χ2v) is 6.11. The van der Waals surface area contributed by atoms with Crippen LogP contribution >= 0.6 is 0 Å². The summed E-state index contributed by atoms with van der Waals surface area (Å²) in [5, 5.41) is 6.45. The highest BCUT2D eigenvalue weighted by atomic mass is 32.2. The molecule has 1 aliphatic rings. The van der Waals surface area contributed by atoms with Crippen molar-refractivity contribution < 1.29 is 8.42 Å². The van der Waals surface area contributed by atoms with Crippen LogP contribution in [0.5, 0.6) is 0 Å². The number of anilines is 1. The predicted octanol–water partition coefficient (Wildman–Crippen LogP) is 1.25. The number of nitrogens with one attached hydrogen (secondary N) is 2. The van der Waals surface area contributed by atoms with E-state index in [-0.39, 0.29) is 6.04 Å². The highest BCUT2D eigenvalue weighted by Gasteiger charge is 2.29. The molecule has 1 unspecified atom stereocenters. The van der Waals surface area contributed by atoms with Crippen molar-refractivity contribution in [3.63, 3.8) is 0 Å². The fourth-order valence-electron chi connectivity index (χ4n) is 2.07. The third kappa shape index (κ3) is 2.61. The third-order valence-electron chi connectivity index (χ3n) is 3.11. The summed E-state index contributed by atoms with van der Waals surface area (Å²) in [4.78, 5) is 0. The number of piperidine rings is 1. The van der Waals surface area contributed by atoms with Crippen molar-refractivity contribution >= 4 is 16.0 Å². The fourth-order valence-corrected chi connectivity index (χ4v) is 3.60. The lowest BCUT2D eigenvalue weighted by Crippen LogP contribution is -2.44. The Morgan fingerprint density at radius 2 is 2.29 bits per heavy atom. The molecule has 1 atom stereocenters. The summed E-state index contributed by atoms with van der Waals surface area (Å²) in [7, 11) is -3.47. The zero-order chi connectivity index (χ0) is 12.5. The molecule has 7 heteroatoms. The maximum atomic E-state index is 12.2. The van der Waals surface area contributed by atoms with Gasteiger partial charge in [0.25, 0.3) is 0 Å². The Balaban J connectivity index is 2.16. The number of hydrogen-bond acceptors (Lipinski definition) is 3. The molecule has 0 spiro atoms. The van der Waals surface area contributed by atoms with Crippen molar-refractivity contribution in [1.29, 1.82) is 0 Å². The quantitative estimate of drug-likeness (QED) is 0.856. The molecule has 2 rings (SSSR count). The maximum Gasteiger partial charge on any atom is 0.303 e. The molecule has 0 amide bonds. The average molecular weight is 258 g/mol. The summed E-state index contributed by atoms with van der Waals surface area (Å²) < 4.78 is 28.4. The second-order valence-electron chi connectivity index (χ2n) is 4.49. The van der Waals surface area contributed by atoms with Crippen LogP contribution < -0.4 is 4.72 Å². The molecular weight excluding hydrogens is 240 g/mol. The number of aryl methyl sites for hydroxylation is 1. The van der Waals surface area contributed by atoms with Crippen LogP contribution in [0.2, 0.25) is 0 Å². The van der Waals surface area contributed by atoms with Gasteiger partial charge in [-0.2, -0.15) is 17.8 Å². The Morgan fingerprint density at radius 1 is 1.53 bits per heavy atom. The van der Waals surface area contributed by atoms with Gasteiger partial charge < -0.3 is 0 Å². The third-order valence-corrected chi connectivity index (χ3v) is 4.73. The second kappa shape index (κ2) is 4.66. The molecule has 2 heterocycles. The van der Waals surface area contributed by atoms with E-state index in [1.165, 1.54) is 4.31 Å². The molecule has 0 aliphatic carbocycles. The van der Waals surface area contributed by atoms with Crippen molar-refractivity contribution in [2.24, 2.45) is 0 Å². The highest BCUT2D eigenvalue weighted by molar-refractivity contribution is 7.90. The SMILES string of the molecule is Cc1cn[nH]c1NS(=O)(=O)N1CCCCC1C. The Hall–Kier alpha value is -1.08. The molecule has 96 valence electrons. The van der Waals surface area contributed by atoms with Crippen LogP contribution in [-0.2, 0) is 10.2 Å². The van der Waals surface area contributed by atoms with E-state index in [4.69, 9.17) is 0 Å². The average Bonchev–Trinajstić information content (AvgIpc) is 2.64. The van der Waals surface area contributed by atoms with Crippen LogP contribution in [0.15, 0.2) is 6.20 Å². The Bertz CT molecular complexity index is 482. The zero-order valence-electron chi connectivity index (χ0n) is 10.1. The lowest BCUT2D eigenvalue weighted by molar-refractivity contribution is 0.270. The van der Waals surface area contributed by atoms with Crippen LogP contribution in [0, 0.1) is 6.92 Å². The Labute approximate surface area is 102 Å². The zero-order valence-corrected chi connectivity index (χ0v) is 10.9. The summed E-state index contributed by atoms with van der Waals surface area (Å²) in [6.45, 7) is 4.34. The largest absolute Gasteiger partial charge is 0.303 e. The minimum Gasteiger partial charge on any atom is -0.262 e. The van der Waals surface area contributed by atoms with E-state index in [1.54, 1.807) is 13.1 Å². The molecule has 0 bridgehead atoms. The number of hydrogen-bond donors (Lipinski definition) is 2. The standard InChI is InChI=1S/C10H18N4O2S/c1-8-7-11-12-10(8)13-17(15,16)14-6-4-3-5-9(14)2/h7,9H,3-6H2,1-2H3,(H2,11,12,13). The van der Waals surface area contributed by atoms with E-state index in [9.17, 15) is 8.42 Å². The van der Waals surface area contributed by atoms with Crippen molar-refractivity contribution in [3.05, 3.63) is 11.8 Å². The number of H-pyrrole nitrogens is 1. The molecule has 2 N–H and O–H groups in total. The minimum atomic E-state index is -3.47. The summed E-state index contributed by atoms with van der Waals surface area (Å²) in [5.74, 6) is 0.447. The molecule has 0 radical (unpaired) electrons. The number of aromatic nitrogens is 2. The predicted molar refractivity (Wildman–Crippen MR) is 65.9 cm³/mol. The van der Waals surface area contributed by atoms with E-state index in [1.807, 2.05) is 6.92 Å². The summed E-state index contributed by atoms with van der Waals surface area (Å²) in [5.41, 5.74) is 0.790. The lowest BCUT2D eigenvalue weighted by Gasteiger charge is -2.32. The van der Waals surface area contributed by atoms with Gasteiger partial charge in [-0.1, -0.05) is 6.42 Å². The normalized spacial score (nSPS) is 22.6. The van der Waals surface area contributed by atoms with Gasteiger partial charge in [-0.25, -0.2) is 0 Å². The van der Waals surface area contributed by atoms with Gasteiger partial charge in [0.2, 0.25) is 0 Å². The molecule has 0 aromatic carbocycles. The van der Waals surface area contributed by atoms with Gasteiger partial charge in [0.1, 0.15) is 5.82 Å². The number of nitrogens with zero attached hydrogens (tertiary/aromatic N) is 2. The van der Waals surface area contributed by atoms with Gasteiger partial charge in [0.15, 0.2) is 0 Å². The van der Waals surface area contributed by atoms with Gasteiger partial charge in [0.05, 0.1) is 6.20 Å². The lowest BCUT2D eigenvalue weighted by atomic mass is 10.1. The van der Waals surface area contributed by atoms with E-state index < -0.39 is 10.2 Å². The van der Waals surface area contributed by atoms with Crippen molar-refractivity contribution in [1.82, 2.24) is 14.5 Å². The first kappa shape index (κ1) is 12.4. The Kier molecular flexibility index (Phi) is 3.39. The molecule has 0 saturated carbocycles. The van der Waals surface area contributed by atoms with Crippen LogP contribution in [0.4, 0.5) is 5.82 Å². The van der Waals surface area contributed by atoms with E-state index in [0.29, 0.717) is 12.4 Å². The fraction of sp³-hybridized carbons (Fsp3) is 0.700. The van der Waals surface area contributed by atoms with Gasteiger partial charge >= 0.3 is 10.2 Å². The van der Waals surface area contributed by atoms with Crippen LogP contribution in [0.1, 0.15) is 31.7 Å². The first-order valence-corrected chi connectivity index (χ1v) is 7.24. The van der Waals surface area contributed by atoms with Gasteiger partial charge in [-0.05, 0) is 26.7 Å². The smallest absolute Gasteiger partial charge is 0.262 e. The molecule has 17 heavy (non-hydrogen) atoms.